The number of carbonyl (C=O) groups is 1. The predicted octanol–water partition coefficient (Wildman–Crippen LogP) is 3.28. The second kappa shape index (κ2) is 8.37. The zero-order chi connectivity index (χ0) is 19.4. The number of amides is 1. The van der Waals surface area contributed by atoms with E-state index in [0.717, 1.165) is 33.9 Å². The summed E-state index contributed by atoms with van der Waals surface area (Å²) in [6.07, 6.45) is 3.23. The van der Waals surface area contributed by atoms with Crippen LogP contribution in [-0.4, -0.2) is 20.7 Å². The van der Waals surface area contributed by atoms with Crippen molar-refractivity contribution < 1.29 is 4.79 Å². The smallest absolute Gasteiger partial charge is 0.304 e. The zero-order valence-corrected chi connectivity index (χ0v) is 16.5. The fourth-order valence-corrected chi connectivity index (χ4v) is 3.47. The molecular formula is C19H19ClN4O2S. The first-order valence-electron chi connectivity index (χ1n) is 8.34. The third-order valence-electron chi connectivity index (χ3n) is 4.14. The SMILES string of the molecule is Cc1nn(Cc2ccccc2Cl)c(C)c1/C=C/C(=O)NCc1csc(=O)[nH]1. The molecule has 0 aliphatic rings. The van der Waals surface area contributed by atoms with Crippen LogP contribution in [0.25, 0.3) is 6.08 Å². The van der Waals surface area contributed by atoms with Crippen LogP contribution >= 0.6 is 22.9 Å². The van der Waals surface area contributed by atoms with Gasteiger partial charge in [-0.05, 0) is 31.6 Å². The van der Waals surface area contributed by atoms with Gasteiger partial charge in [0, 0.05) is 33.4 Å². The third kappa shape index (κ3) is 4.75. The summed E-state index contributed by atoms with van der Waals surface area (Å²) in [4.78, 5) is 25.6. The van der Waals surface area contributed by atoms with Crippen LogP contribution < -0.4 is 10.2 Å². The van der Waals surface area contributed by atoms with E-state index in [2.05, 4.69) is 15.4 Å². The van der Waals surface area contributed by atoms with Crippen molar-refractivity contribution in [3.05, 3.63) is 78.6 Å². The fraction of sp³-hybridized carbons (Fsp3) is 0.211. The number of hydrogen-bond donors (Lipinski definition) is 2. The Hall–Kier alpha value is -2.64. The molecule has 27 heavy (non-hydrogen) atoms. The van der Waals surface area contributed by atoms with E-state index in [4.69, 9.17) is 11.6 Å². The molecule has 0 aliphatic carbocycles. The number of benzene rings is 1. The summed E-state index contributed by atoms with van der Waals surface area (Å²) in [6.45, 7) is 4.72. The van der Waals surface area contributed by atoms with Crippen LogP contribution in [0.3, 0.4) is 0 Å². The number of H-pyrrole nitrogens is 1. The van der Waals surface area contributed by atoms with Gasteiger partial charge in [0.05, 0.1) is 18.8 Å². The quantitative estimate of drug-likeness (QED) is 0.621. The van der Waals surface area contributed by atoms with Gasteiger partial charge in [-0.2, -0.15) is 5.10 Å². The lowest BCUT2D eigenvalue weighted by atomic mass is 10.1. The van der Waals surface area contributed by atoms with Gasteiger partial charge in [0.2, 0.25) is 5.91 Å². The first kappa shape index (κ1) is 19.1. The van der Waals surface area contributed by atoms with Crippen molar-refractivity contribution >= 4 is 34.9 Å². The number of carbonyl (C=O) groups excluding carboxylic acids is 1. The Kier molecular flexibility index (Phi) is 5.93. The van der Waals surface area contributed by atoms with E-state index in [0.29, 0.717) is 17.3 Å². The lowest BCUT2D eigenvalue weighted by Crippen LogP contribution is -2.20. The summed E-state index contributed by atoms with van der Waals surface area (Å²) >= 11 is 7.31. The van der Waals surface area contributed by atoms with Crippen LogP contribution in [-0.2, 0) is 17.9 Å². The van der Waals surface area contributed by atoms with Crippen LogP contribution in [0.4, 0.5) is 0 Å². The average Bonchev–Trinajstić information content (AvgIpc) is 3.17. The van der Waals surface area contributed by atoms with Gasteiger partial charge in [0.25, 0.3) is 0 Å². The summed E-state index contributed by atoms with van der Waals surface area (Å²) < 4.78 is 1.88. The van der Waals surface area contributed by atoms with E-state index in [1.165, 1.54) is 6.08 Å². The molecule has 0 aliphatic heterocycles. The van der Waals surface area contributed by atoms with Gasteiger partial charge < -0.3 is 10.3 Å². The number of aryl methyl sites for hydroxylation is 1. The monoisotopic (exact) mass is 402 g/mol. The van der Waals surface area contributed by atoms with E-state index in [-0.39, 0.29) is 17.3 Å². The molecule has 0 saturated carbocycles. The molecule has 0 bridgehead atoms. The lowest BCUT2D eigenvalue weighted by molar-refractivity contribution is -0.116. The highest BCUT2D eigenvalue weighted by molar-refractivity contribution is 7.07. The number of nitrogens with zero attached hydrogens (tertiary/aromatic N) is 2. The Bertz CT molecular complexity index is 1050. The molecule has 0 unspecified atom stereocenters. The van der Waals surface area contributed by atoms with Crippen molar-refractivity contribution in [2.24, 2.45) is 0 Å². The Balaban J connectivity index is 1.68. The molecule has 140 valence electrons. The van der Waals surface area contributed by atoms with E-state index in [1.54, 1.807) is 11.5 Å². The second-order valence-corrected chi connectivity index (χ2v) is 7.31. The number of thiazole rings is 1. The highest BCUT2D eigenvalue weighted by atomic mass is 35.5. The maximum absolute atomic E-state index is 12.0. The van der Waals surface area contributed by atoms with E-state index in [1.807, 2.05) is 42.8 Å². The summed E-state index contributed by atoms with van der Waals surface area (Å²) in [6, 6.07) is 7.66. The largest absolute Gasteiger partial charge is 0.347 e. The van der Waals surface area contributed by atoms with E-state index in [9.17, 15) is 9.59 Å². The van der Waals surface area contributed by atoms with Crippen LogP contribution in [0, 0.1) is 13.8 Å². The summed E-state index contributed by atoms with van der Waals surface area (Å²) in [7, 11) is 0. The number of aromatic amines is 1. The standard InChI is InChI=1S/C19H19ClN4O2S/c1-12-16(7-8-18(25)21-9-15-11-27-19(26)22-15)13(2)24(23-12)10-14-5-3-4-6-17(14)20/h3-8,11H,9-10H2,1-2H3,(H,21,25)(H,22,26)/b8-7+. The van der Waals surface area contributed by atoms with Gasteiger partial charge in [-0.1, -0.05) is 41.1 Å². The summed E-state index contributed by atoms with van der Waals surface area (Å²) in [5.74, 6) is -0.236. The molecule has 1 amide bonds. The topological polar surface area (TPSA) is 79.8 Å². The Morgan fingerprint density at radius 1 is 1.37 bits per heavy atom. The normalized spacial score (nSPS) is 11.2. The Labute approximate surface area is 165 Å². The molecule has 0 atom stereocenters. The van der Waals surface area contributed by atoms with Crippen LogP contribution in [0.15, 0.2) is 40.5 Å². The molecule has 8 heteroatoms. The highest BCUT2D eigenvalue weighted by Crippen LogP contribution is 2.20. The van der Waals surface area contributed by atoms with Crippen molar-refractivity contribution in [2.75, 3.05) is 0 Å². The van der Waals surface area contributed by atoms with Crippen molar-refractivity contribution in [1.29, 1.82) is 0 Å². The molecule has 2 aromatic heterocycles. The maximum atomic E-state index is 12.0. The Morgan fingerprint density at radius 3 is 2.85 bits per heavy atom. The number of aromatic nitrogens is 3. The number of rotatable bonds is 6. The average molecular weight is 403 g/mol. The van der Waals surface area contributed by atoms with Gasteiger partial charge in [-0.25, -0.2) is 0 Å². The van der Waals surface area contributed by atoms with Gasteiger partial charge >= 0.3 is 4.87 Å². The van der Waals surface area contributed by atoms with Crippen molar-refractivity contribution in [3.8, 4) is 0 Å². The molecule has 0 fully saturated rings. The Morgan fingerprint density at radius 2 is 2.15 bits per heavy atom. The predicted molar refractivity (Wildman–Crippen MR) is 108 cm³/mol. The van der Waals surface area contributed by atoms with Gasteiger partial charge in [0.15, 0.2) is 0 Å². The van der Waals surface area contributed by atoms with Crippen LogP contribution in [0.5, 0.6) is 0 Å². The molecule has 1 aromatic carbocycles. The highest BCUT2D eigenvalue weighted by Gasteiger charge is 2.11. The summed E-state index contributed by atoms with van der Waals surface area (Å²) in [5, 5.41) is 9.69. The number of halogens is 1. The molecule has 3 aromatic rings. The first-order chi connectivity index (χ1) is 12.9. The molecule has 2 N–H and O–H groups in total. The third-order valence-corrected chi connectivity index (χ3v) is 5.23. The molecular weight excluding hydrogens is 384 g/mol. The van der Waals surface area contributed by atoms with E-state index < -0.39 is 0 Å². The molecule has 0 spiro atoms. The molecule has 6 nitrogen and oxygen atoms in total. The molecule has 0 radical (unpaired) electrons. The lowest BCUT2D eigenvalue weighted by Gasteiger charge is -2.06. The minimum atomic E-state index is -0.236. The van der Waals surface area contributed by atoms with Crippen molar-refractivity contribution in [2.45, 2.75) is 26.9 Å². The molecule has 2 heterocycles. The molecule has 0 saturated heterocycles. The second-order valence-electron chi connectivity index (χ2n) is 6.06. The molecule has 3 rings (SSSR count). The van der Waals surface area contributed by atoms with E-state index >= 15 is 0 Å². The summed E-state index contributed by atoms with van der Waals surface area (Å²) in [5.41, 5.74) is 4.38. The van der Waals surface area contributed by atoms with Crippen LogP contribution in [0.1, 0.15) is 28.2 Å². The zero-order valence-electron chi connectivity index (χ0n) is 15.0. The van der Waals surface area contributed by atoms with Gasteiger partial charge in [-0.15, -0.1) is 0 Å². The van der Waals surface area contributed by atoms with Gasteiger partial charge in [-0.3, -0.25) is 14.3 Å². The fourth-order valence-electron chi connectivity index (χ4n) is 2.69. The van der Waals surface area contributed by atoms with Gasteiger partial charge in [0.1, 0.15) is 0 Å². The van der Waals surface area contributed by atoms with Crippen molar-refractivity contribution in [1.82, 2.24) is 20.1 Å². The minimum Gasteiger partial charge on any atom is -0.347 e. The number of hydrogen-bond acceptors (Lipinski definition) is 4. The first-order valence-corrected chi connectivity index (χ1v) is 9.60. The number of nitrogens with one attached hydrogen (secondary N) is 2. The van der Waals surface area contributed by atoms with Crippen LogP contribution in [0.2, 0.25) is 5.02 Å². The maximum Gasteiger partial charge on any atom is 0.304 e. The van der Waals surface area contributed by atoms with Crippen molar-refractivity contribution in [3.63, 3.8) is 0 Å². The minimum absolute atomic E-state index is 0.132.